The van der Waals surface area contributed by atoms with Crippen LogP contribution < -0.4 is 25.6 Å². The lowest BCUT2D eigenvalue weighted by Gasteiger charge is -2.13. The van der Waals surface area contributed by atoms with Crippen LogP contribution in [0.3, 0.4) is 0 Å². The molecule has 0 saturated heterocycles. The standard InChI is InChI=1S/C19H22N6O.C12H14ClN5.C7H10BNO3/c1-5-26-19-14(7-6-9-22-19)15-11-16(21-10-8-20)18-17(12(2)3)23-13(4)25(18)24-15;1-7(2)11-12-9(15-5-4-14)6-10(13)17-18(12)8(3)16-11;1-2-12-7-6(8(10)11)4-3-5-9-7/h6-7,9,11-12,21H,5,10H2,1-4H3;6-7,15H,5H2,1-3H3;3-5,10-11H,2H2,1H3. The Kier molecular flexibility index (Phi) is 15.3. The normalized spacial score (nSPS) is 10.6. The summed E-state index contributed by atoms with van der Waals surface area (Å²) in [5.74, 6) is 2.92. The molecule has 0 fully saturated rings. The number of aromatic nitrogens is 8. The van der Waals surface area contributed by atoms with Crippen molar-refractivity contribution in [3.05, 3.63) is 77.0 Å². The number of ether oxygens (including phenoxy) is 2. The number of anilines is 2. The topological polar surface area (TPSA) is 217 Å². The Hall–Kier alpha value is -6.01. The lowest BCUT2D eigenvalue weighted by molar-refractivity contribution is 0.327. The van der Waals surface area contributed by atoms with Crippen molar-refractivity contribution in [1.29, 1.82) is 10.5 Å². The molecule has 0 aliphatic heterocycles. The van der Waals surface area contributed by atoms with Crippen LogP contribution in [0.5, 0.6) is 11.8 Å². The van der Waals surface area contributed by atoms with Crippen molar-refractivity contribution in [2.24, 2.45) is 0 Å². The first-order valence-corrected chi connectivity index (χ1v) is 18.4. The molecule has 4 N–H and O–H groups in total. The maximum Gasteiger partial charge on any atom is 0.494 e. The highest BCUT2D eigenvalue weighted by atomic mass is 35.5. The Bertz CT molecular complexity index is 2330. The van der Waals surface area contributed by atoms with Gasteiger partial charge in [0.15, 0.2) is 5.15 Å². The van der Waals surface area contributed by atoms with Crippen LogP contribution in [0.25, 0.3) is 22.3 Å². The molecule has 0 bridgehead atoms. The van der Waals surface area contributed by atoms with Crippen molar-refractivity contribution < 1.29 is 19.5 Å². The molecule has 0 spiro atoms. The third kappa shape index (κ3) is 10.2. The second-order valence-electron chi connectivity index (χ2n) is 12.8. The minimum absolute atomic E-state index is 0.201. The van der Waals surface area contributed by atoms with Gasteiger partial charge in [0.1, 0.15) is 35.8 Å². The van der Waals surface area contributed by atoms with Crippen LogP contribution in [0.2, 0.25) is 5.15 Å². The van der Waals surface area contributed by atoms with Gasteiger partial charge in [-0.15, -0.1) is 0 Å². The van der Waals surface area contributed by atoms with Gasteiger partial charge < -0.3 is 30.2 Å². The summed E-state index contributed by atoms with van der Waals surface area (Å²) in [5, 5.41) is 51.0. The lowest BCUT2D eigenvalue weighted by Crippen LogP contribution is -2.31. The third-order valence-electron chi connectivity index (χ3n) is 8.04. The van der Waals surface area contributed by atoms with E-state index in [0.717, 1.165) is 51.0 Å². The van der Waals surface area contributed by atoms with Gasteiger partial charge in [-0.25, -0.2) is 29.0 Å². The molecule has 292 valence electrons. The zero-order valence-corrected chi connectivity index (χ0v) is 33.5. The predicted octanol–water partition coefficient (Wildman–Crippen LogP) is 5.47. The van der Waals surface area contributed by atoms with E-state index in [-0.39, 0.29) is 30.8 Å². The van der Waals surface area contributed by atoms with Crippen LogP contribution in [0.4, 0.5) is 11.4 Å². The fourth-order valence-corrected chi connectivity index (χ4v) is 5.85. The van der Waals surface area contributed by atoms with Crippen LogP contribution in [0.1, 0.15) is 76.4 Å². The summed E-state index contributed by atoms with van der Waals surface area (Å²) >= 11 is 5.98. The maximum absolute atomic E-state index is 9.00. The monoisotopic (exact) mass is 780 g/mol. The summed E-state index contributed by atoms with van der Waals surface area (Å²) in [7, 11) is -1.53. The quantitative estimate of drug-likeness (QED) is 0.0895. The van der Waals surface area contributed by atoms with E-state index in [1.165, 1.54) is 6.20 Å². The molecule has 0 aliphatic carbocycles. The summed E-state index contributed by atoms with van der Waals surface area (Å²) in [6.45, 7) is 17.3. The minimum atomic E-state index is -1.53. The van der Waals surface area contributed by atoms with Crippen molar-refractivity contribution in [2.45, 2.75) is 67.2 Å². The molecule has 0 aliphatic rings. The molecule has 6 aromatic rings. The van der Waals surface area contributed by atoms with Gasteiger partial charge in [0, 0.05) is 23.9 Å². The van der Waals surface area contributed by atoms with Crippen LogP contribution in [0, 0.1) is 36.5 Å². The van der Waals surface area contributed by atoms with E-state index in [1.807, 2.05) is 50.4 Å². The van der Waals surface area contributed by atoms with Gasteiger partial charge in [0.2, 0.25) is 11.8 Å². The molecule has 56 heavy (non-hydrogen) atoms. The molecule has 18 heteroatoms. The van der Waals surface area contributed by atoms with Gasteiger partial charge in [-0.1, -0.05) is 45.4 Å². The Morgan fingerprint density at radius 2 is 1.29 bits per heavy atom. The molecule has 0 unspecified atom stereocenters. The molecule has 6 aromatic heterocycles. The number of nitrogens with zero attached hydrogens (tertiary/aromatic N) is 10. The van der Waals surface area contributed by atoms with E-state index < -0.39 is 7.12 Å². The van der Waals surface area contributed by atoms with Gasteiger partial charge in [0.05, 0.1) is 59.4 Å². The largest absolute Gasteiger partial charge is 0.494 e. The van der Waals surface area contributed by atoms with E-state index in [9.17, 15) is 0 Å². The van der Waals surface area contributed by atoms with Gasteiger partial charge >= 0.3 is 7.12 Å². The Balaban J connectivity index is 0.000000201. The van der Waals surface area contributed by atoms with Gasteiger partial charge in [0.25, 0.3) is 0 Å². The molecule has 0 amide bonds. The molecule has 6 heterocycles. The van der Waals surface area contributed by atoms with Crippen molar-refractivity contribution in [3.8, 4) is 35.2 Å². The first-order valence-electron chi connectivity index (χ1n) is 18.1. The number of fused-ring (bicyclic) bond motifs is 2. The molecule has 0 radical (unpaired) electrons. The highest BCUT2D eigenvalue weighted by Gasteiger charge is 2.21. The van der Waals surface area contributed by atoms with Crippen LogP contribution in [-0.4, -0.2) is 82.6 Å². The highest BCUT2D eigenvalue weighted by molar-refractivity contribution is 6.59. The Morgan fingerprint density at radius 3 is 1.80 bits per heavy atom. The number of hydrogen-bond acceptors (Lipinski definition) is 14. The SMILES string of the molecule is CCOc1ncccc1-c1cc(NCC#N)c2c(C(C)C)nc(C)n2n1.CCOc1ncccc1B(O)O.Cc1nc(C(C)C)c2c(NCC#N)cc(Cl)nn12. The number of rotatable bonds is 12. The van der Waals surface area contributed by atoms with E-state index in [4.69, 9.17) is 46.7 Å². The average molecular weight is 781 g/mol. The first-order chi connectivity index (χ1) is 26.9. The molecule has 0 aromatic carbocycles. The van der Waals surface area contributed by atoms with Crippen molar-refractivity contribution >= 4 is 46.6 Å². The van der Waals surface area contributed by atoms with Crippen molar-refractivity contribution in [1.82, 2.24) is 39.2 Å². The summed E-state index contributed by atoms with van der Waals surface area (Å²) in [4.78, 5) is 17.4. The summed E-state index contributed by atoms with van der Waals surface area (Å²) in [6.07, 6.45) is 3.23. The molecular formula is C38H46BClN12O4. The van der Waals surface area contributed by atoms with Gasteiger partial charge in [-0.2, -0.15) is 20.7 Å². The van der Waals surface area contributed by atoms with Crippen LogP contribution >= 0.6 is 11.6 Å². The maximum atomic E-state index is 9.00. The molecule has 6 rings (SSSR count). The van der Waals surface area contributed by atoms with E-state index in [2.05, 4.69) is 75.5 Å². The number of pyridine rings is 2. The first kappa shape index (κ1) is 42.7. The van der Waals surface area contributed by atoms with Gasteiger partial charge in [-0.05, 0) is 63.8 Å². The Morgan fingerprint density at radius 1 is 0.786 bits per heavy atom. The van der Waals surface area contributed by atoms with E-state index in [0.29, 0.717) is 35.4 Å². The molecule has 16 nitrogen and oxygen atoms in total. The summed E-state index contributed by atoms with van der Waals surface area (Å²) < 4.78 is 14.3. The second-order valence-corrected chi connectivity index (χ2v) is 13.1. The Labute approximate surface area is 331 Å². The zero-order valence-electron chi connectivity index (χ0n) is 32.7. The summed E-state index contributed by atoms with van der Waals surface area (Å²) in [6, 6.07) is 14.8. The van der Waals surface area contributed by atoms with Crippen LogP contribution in [-0.2, 0) is 0 Å². The van der Waals surface area contributed by atoms with Crippen molar-refractivity contribution in [2.75, 3.05) is 36.9 Å². The van der Waals surface area contributed by atoms with Crippen molar-refractivity contribution in [3.63, 3.8) is 0 Å². The number of aryl methyl sites for hydroxylation is 2. The number of nitriles is 2. The third-order valence-corrected chi connectivity index (χ3v) is 8.23. The minimum Gasteiger partial charge on any atom is -0.478 e. The van der Waals surface area contributed by atoms with Crippen LogP contribution in [0.15, 0.2) is 48.8 Å². The number of imidazole rings is 2. The van der Waals surface area contributed by atoms with E-state index >= 15 is 0 Å². The number of nitrogens with one attached hydrogen (secondary N) is 2. The predicted molar refractivity (Wildman–Crippen MR) is 216 cm³/mol. The highest BCUT2D eigenvalue weighted by Crippen LogP contribution is 2.33. The molecule has 0 saturated carbocycles. The van der Waals surface area contributed by atoms with E-state index in [1.54, 1.807) is 28.9 Å². The average Bonchev–Trinajstić information content (AvgIpc) is 3.70. The molecule has 0 atom stereocenters. The fourth-order valence-electron chi connectivity index (χ4n) is 5.66. The number of halogens is 1. The fraction of sp³-hybridized carbons (Fsp3) is 0.368. The molecular weight excluding hydrogens is 735 g/mol. The smallest absolute Gasteiger partial charge is 0.478 e. The van der Waals surface area contributed by atoms with Gasteiger partial charge in [-0.3, -0.25) is 0 Å². The second kappa shape index (κ2) is 20.1. The summed E-state index contributed by atoms with van der Waals surface area (Å²) in [5.41, 5.74) is 7.13. The lowest BCUT2D eigenvalue weighted by atomic mass is 9.81. The zero-order chi connectivity index (χ0) is 40.9. The number of hydrogen-bond donors (Lipinski definition) is 4.